The van der Waals surface area contributed by atoms with Gasteiger partial charge in [0.05, 0.1) is 0 Å². The van der Waals surface area contributed by atoms with Crippen molar-refractivity contribution in [1.29, 1.82) is 0 Å². The van der Waals surface area contributed by atoms with Gasteiger partial charge in [0.15, 0.2) is 5.78 Å². The summed E-state index contributed by atoms with van der Waals surface area (Å²) in [6, 6.07) is 0. The van der Waals surface area contributed by atoms with Crippen LogP contribution in [0.1, 0.15) is 19.3 Å². The van der Waals surface area contributed by atoms with Gasteiger partial charge in [0.25, 0.3) is 0 Å². The van der Waals surface area contributed by atoms with Crippen LogP contribution in [0.4, 0.5) is 0 Å². The number of rotatable bonds is 2. The van der Waals surface area contributed by atoms with Gasteiger partial charge in [-0.25, -0.2) is 0 Å². The Morgan fingerprint density at radius 3 is 2.00 bits per heavy atom. The molecule has 0 spiro atoms. The number of carbonyl (C=O) groups excluding carboxylic acids is 2. The molecule has 0 radical (unpaired) electrons. The second-order valence-electron chi connectivity index (χ2n) is 3.12. The highest BCUT2D eigenvalue weighted by Gasteiger charge is 2.57. The van der Waals surface area contributed by atoms with Crippen LogP contribution in [0.2, 0.25) is 0 Å². The van der Waals surface area contributed by atoms with Crippen molar-refractivity contribution in [3.63, 3.8) is 0 Å². The Morgan fingerprint density at radius 2 is 1.64 bits per heavy atom. The standard InChI is InChI=1S/C8H8O6/c9-4-2-1-3-8(5(4)10,6(11)12)7(13)14/h1-3H2,(H,11,12)(H,13,14). The first-order valence-corrected chi connectivity index (χ1v) is 3.97. The van der Waals surface area contributed by atoms with Crippen LogP contribution >= 0.6 is 0 Å². The predicted molar refractivity (Wildman–Crippen MR) is 41.6 cm³/mol. The largest absolute Gasteiger partial charge is 0.480 e. The molecule has 2 N–H and O–H groups in total. The monoisotopic (exact) mass is 200 g/mol. The Hall–Kier alpha value is -1.72. The summed E-state index contributed by atoms with van der Waals surface area (Å²) in [6.07, 6.45) is -0.271. The Morgan fingerprint density at radius 1 is 1.14 bits per heavy atom. The van der Waals surface area contributed by atoms with Crippen LogP contribution in [0.25, 0.3) is 0 Å². The summed E-state index contributed by atoms with van der Waals surface area (Å²) in [4.78, 5) is 43.6. The molecule has 0 bridgehead atoms. The number of ketones is 2. The molecule has 0 unspecified atom stereocenters. The van der Waals surface area contributed by atoms with E-state index in [0.29, 0.717) is 0 Å². The maximum absolute atomic E-state index is 11.2. The van der Waals surface area contributed by atoms with E-state index in [4.69, 9.17) is 10.2 Å². The van der Waals surface area contributed by atoms with E-state index in [0.717, 1.165) is 0 Å². The summed E-state index contributed by atoms with van der Waals surface area (Å²) in [5, 5.41) is 17.4. The minimum atomic E-state index is -2.55. The van der Waals surface area contributed by atoms with Gasteiger partial charge in [-0.2, -0.15) is 0 Å². The highest BCUT2D eigenvalue weighted by atomic mass is 16.4. The van der Waals surface area contributed by atoms with Gasteiger partial charge >= 0.3 is 11.9 Å². The van der Waals surface area contributed by atoms with E-state index in [1.807, 2.05) is 0 Å². The summed E-state index contributed by atoms with van der Waals surface area (Å²) in [5.74, 6) is -5.75. The SMILES string of the molecule is O=C1CCCC(C(=O)O)(C(=O)O)C1=O. The van der Waals surface area contributed by atoms with Gasteiger partial charge in [-0.05, 0) is 12.8 Å². The molecular formula is C8H8O6. The summed E-state index contributed by atoms with van der Waals surface area (Å²) in [6.45, 7) is 0. The first-order valence-electron chi connectivity index (χ1n) is 3.97. The molecule has 6 nitrogen and oxygen atoms in total. The van der Waals surface area contributed by atoms with E-state index < -0.39 is 28.9 Å². The first-order chi connectivity index (χ1) is 6.43. The van der Waals surface area contributed by atoms with Crippen LogP contribution in [0.3, 0.4) is 0 Å². The van der Waals surface area contributed by atoms with E-state index in [9.17, 15) is 19.2 Å². The van der Waals surface area contributed by atoms with Crippen LogP contribution in [-0.4, -0.2) is 33.7 Å². The molecule has 0 atom stereocenters. The Balaban J connectivity index is 3.21. The molecule has 0 aromatic carbocycles. The first kappa shape index (κ1) is 10.4. The fraction of sp³-hybridized carbons (Fsp3) is 0.500. The topological polar surface area (TPSA) is 109 Å². The highest BCUT2D eigenvalue weighted by molar-refractivity contribution is 6.47. The second-order valence-corrected chi connectivity index (χ2v) is 3.12. The molecule has 6 heteroatoms. The number of hydrogen-bond donors (Lipinski definition) is 2. The van der Waals surface area contributed by atoms with Gasteiger partial charge < -0.3 is 10.2 Å². The van der Waals surface area contributed by atoms with Crippen molar-refractivity contribution in [1.82, 2.24) is 0 Å². The van der Waals surface area contributed by atoms with Crippen molar-refractivity contribution in [3.05, 3.63) is 0 Å². The summed E-state index contributed by atoms with van der Waals surface area (Å²) in [7, 11) is 0. The Bertz CT molecular complexity index is 315. The molecule has 0 aromatic heterocycles. The third-order valence-electron chi connectivity index (χ3n) is 2.33. The van der Waals surface area contributed by atoms with Crippen LogP contribution in [0.5, 0.6) is 0 Å². The van der Waals surface area contributed by atoms with E-state index in [-0.39, 0.29) is 19.3 Å². The average Bonchev–Trinajstić information content (AvgIpc) is 2.08. The summed E-state index contributed by atoms with van der Waals surface area (Å²) < 4.78 is 0. The fourth-order valence-electron chi connectivity index (χ4n) is 1.48. The van der Waals surface area contributed by atoms with E-state index in [1.165, 1.54) is 0 Å². The molecule has 1 aliphatic rings. The molecule has 0 amide bonds. The van der Waals surface area contributed by atoms with Crippen molar-refractivity contribution < 1.29 is 29.4 Å². The normalized spacial score (nSPS) is 20.6. The van der Waals surface area contributed by atoms with Crippen molar-refractivity contribution in [2.45, 2.75) is 19.3 Å². The van der Waals surface area contributed by atoms with E-state index in [1.54, 1.807) is 0 Å². The van der Waals surface area contributed by atoms with Crippen molar-refractivity contribution in [2.24, 2.45) is 5.41 Å². The zero-order valence-electron chi connectivity index (χ0n) is 7.15. The molecule has 0 saturated heterocycles. The molecule has 0 aliphatic heterocycles. The van der Waals surface area contributed by atoms with E-state index >= 15 is 0 Å². The van der Waals surface area contributed by atoms with Gasteiger partial charge in [0.2, 0.25) is 11.2 Å². The van der Waals surface area contributed by atoms with Gasteiger partial charge in [0, 0.05) is 6.42 Å². The minimum Gasteiger partial charge on any atom is -0.480 e. The maximum Gasteiger partial charge on any atom is 0.329 e. The van der Waals surface area contributed by atoms with Crippen LogP contribution in [0, 0.1) is 5.41 Å². The molecule has 1 aliphatic carbocycles. The number of Topliss-reactive ketones (excluding diaryl/α,β-unsaturated/α-hetero) is 2. The van der Waals surface area contributed by atoms with Gasteiger partial charge in [0.1, 0.15) is 0 Å². The molecule has 1 fully saturated rings. The van der Waals surface area contributed by atoms with Crippen LogP contribution in [0.15, 0.2) is 0 Å². The lowest BCUT2D eigenvalue weighted by Crippen LogP contribution is -2.51. The third-order valence-corrected chi connectivity index (χ3v) is 2.33. The number of carboxylic acids is 2. The van der Waals surface area contributed by atoms with Crippen LogP contribution in [-0.2, 0) is 19.2 Å². The predicted octanol–water partition coefficient (Wildman–Crippen LogP) is -0.536. The molecule has 1 rings (SSSR count). The molecule has 0 aromatic rings. The van der Waals surface area contributed by atoms with Gasteiger partial charge in [-0.1, -0.05) is 0 Å². The lowest BCUT2D eigenvalue weighted by atomic mass is 9.72. The molecule has 14 heavy (non-hydrogen) atoms. The van der Waals surface area contributed by atoms with Gasteiger partial charge in [-0.15, -0.1) is 0 Å². The van der Waals surface area contributed by atoms with Crippen molar-refractivity contribution >= 4 is 23.5 Å². The number of carbonyl (C=O) groups is 4. The summed E-state index contributed by atoms with van der Waals surface area (Å²) >= 11 is 0. The zero-order chi connectivity index (χ0) is 10.9. The average molecular weight is 200 g/mol. The molecule has 0 heterocycles. The molecule has 76 valence electrons. The maximum atomic E-state index is 11.2. The van der Waals surface area contributed by atoms with Gasteiger partial charge in [-0.3, -0.25) is 19.2 Å². The van der Waals surface area contributed by atoms with Crippen molar-refractivity contribution in [3.8, 4) is 0 Å². The fourth-order valence-corrected chi connectivity index (χ4v) is 1.48. The minimum absolute atomic E-state index is 0.0683. The van der Waals surface area contributed by atoms with Crippen LogP contribution < -0.4 is 0 Å². The Kier molecular flexibility index (Phi) is 2.37. The second kappa shape index (κ2) is 3.21. The number of carboxylic acid groups (broad SMARTS) is 2. The van der Waals surface area contributed by atoms with Crippen molar-refractivity contribution in [2.75, 3.05) is 0 Å². The highest BCUT2D eigenvalue weighted by Crippen LogP contribution is 2.32. The lowest BCUT2D eigenvalue weighted by Gasteiger charge is -2.25. The summed E-state index contributed by atoms with van der Waals surface area (Å²) in [5.41, 5.74) is -2.55. The smallest absolute Gasteiger partial charge is 0.329 e. The molecular weight excluding hydrogens is 192 g/mol. The number of aliphatic carboxylic acids is 2. The number of hydrogen-bond acceptors (Lipinski definition) is 4. The quantitative estimate of drug-likeness (QED) is 0.457. The van der Waals surface area contributed by atoms with E-state index in [2.05, 4.69) is 0 Å². The lowest BCUT2D eigenvalue weighted by molar-refractivity contribution is -0.172. The third kappa shape index (κ3) is 1.19. The molecule has 1 saturated carbocycles. The zero-order valence-corrected chi connectivity index (χ0v) is 7.15. The Labute approximate surface area is 78.5 Å².